The molecule has 0 amide bonds. The fourth-order valence-corrected chi connectivity index (χ4v) is 5.71. The van der Waals surface area contributed by atoms with Gasteiger partial charge in [-0.3, -0.25) is 4.90 Å². The molecule has 9 nitrogen and oxygen atoms in total. The molecule has 2 N–H and O–H groups in total. The van der Waals surface area contributed by atoms with Gasteiger partial charge in [0.1, 0.15) is 17.8 Å². The third kappa shape index (κ3) is 3.63. The van der Waals surface area contributed by atoms with Gasteiger partial charge in [-0.25, -0.2) is 19.5 Å². The van der Waals surface area contributed by atoms with Crippen LogP contribution >= 0.6 is 0 Å². The number of aromatic nitrogens is 6. The van der Waals surface area contributed by atoms with Crippen LogP contribution in [0.15, 0.2) is 31.0 Å². The molecule has 0 aromatic carbocycles. The number of fused-ring (bicyclic) bond motifs is 2. The second-order valence-corrected chi connectivity index (χ2v) is 9.90. The van der Waals surface area contributed by atoms with E-state index in [1.165, 1.54) is 31.2 Å². The standard InChI is InChI=1S/C25H30N8O/c1-2-16(1)19-14-29-33-8-7-21(31-25(19)33)20-13-26-23-22(20)24(28-15-27-23)30-17-3-5-18(6-4-17)32-9-11-34-12-10-32/h7-8,13-18H,1-6,9-12H2,(H2,26,27,28,30). The van der Waals surface area contributed by atoms with E-state index in [9.17, 15) is 0 Å². The minimum atomic E-state index is 0.421. The molecular formula is C25H30N8O. The van der Waals surface area contributed by atoms with Gasteiger partial charge in [0.05, 0.1) is 30.5 Å². The molecule has 1 saturated heterocycles. The summed E-state index contributed by atoms with van der Waals surface area (Å²) in [6, 6.07) is 3.14. The molecule has 176 valence electrons. The monoisotopic (exact) mass is 458 g/mol. The van der Waals surface area contributed by atoms with Crippen molar-refractivity contribution < 1.29 is 4.74 Å². The summed E-state index contributed by atoms with van der Waals surface area (Å²) in [5.41, 5.74) is 5.02. The number of ether oxygens (including phenoxy) is 1. The number of aromatic amines is 1. The lowest BCUT2D eigenvalue weighted by Gasteiger charge is -2.39. The van der Waals surface area contributed by atoms with E-state index in [4.69, 9.17) is 9.72 Å². The lowest BCUT2D eigenvalue weighted by atomic mass is 9.90. The summed E-state index contributed by atoms with van der Waals surface area (Å²) >= 11 is 0. The first-order valence-corrected chi connectivity index (χ1v) is 12.6. The van der Waals surface area contributed by atoms with E-state index < -0.39 is 0 Å². The molecule has 0 atom stereocenters. The molecule has 7 rings (SSSR count). The molecule has 0 bridgehead atoms. The highest BCUT2D eigenvalue weighted by Crippen LogP contribution is 2.42. The van der Waals surface area contributed by atoms with Crippen molar-refractivity contribution in [1.82, 2.24) is 34.4 Å². The Morgan fingerprint density at radius 3 is 2.71 bits per heavy atom. The smallest absolute Gasteiger partial charge is 0.159 e. The highest BCUT2D eigenvalue weighted by Gasteiger charge is 2.29. The Hall–Kier alpha value is -3.04. The zero-order chi connectivity index (χ0) is 22.5. The first-order chi connectivity index (χ1) is 16.8. The van der Waals surface area contributed by atoms with Gasteiger partial charge in [0.25, 0.3) is 0 Å². The number of hydrogen-bond acceptors (Lipinski definition) is 7. The van der Waals surface area contributed by atoms with Gasteiger partial charge in [-0.15, -0.1) is 0 Å². The van der Waals surface area contributed by atoms with Crippen LogP contribution in [-0.4, -0.2) is 72.8 Å². The fourth-order valence-electron chi connectivity index (χ4n) is 5.71. The van der Waals surface area contributed by atoms with E-state index in [2.05, 4.69) is 30.3 Å². The average Bonchev–Trinajstić information content (AvgIpc) is 3.49. The Bertz CT molecular complexity index is 1310. The molecule has 34 heavy (non-hydrogen) atoms. The number of anilines is 1. The minimum absolute atomic E-state index is 0.421. The van der Waals surface area contributed by atoms with Crippen molar-refractivity contribution in [3.63, 3.8) is 0 Å². The maximum absolute atomic E-state index is 5.53. The van der Waals surface area contributed by atoms with Crippen LogP contribution in [0.25, 0.3) is 27.9 Å². The third-order valence-electron chi connectivity index (χ3n) is 7.76. The third-order valence-corrected chi connectivity index (χ3v) is 7.76. The summed E-state index contributed by atoms with van der Waals surface area (Å²) in [5, 5.41) is 9.27. The maximum Gasteiger partial charge on any atom is 0.159 e. The summed E-state index contributed by atoms with van der Waals surface area (Å²) in [7, 11) is 0. The van der Waals surface area contributed by atoms with E-state index >= 15 is 0 Å². The first-order valence-electron chi connectivity index (χ1n) is 12.6. The number of hydrogen-bond donors (Lipinski definition) is 2. The zero-order valence-corrected chi connectivity index (χ0v) is 19.3. The van der Waals surface area contributed by atoms with Crippen LogP contribution in [0.4, 0.5) is 5.82 Å². The van der Waals surface area contributed by atoms with E-state index in [0.29, 0.717) is 18.0 Å². The molecule has 4 aromatic rings. The van der Waals surface area contributed by atoms with Gasteiger partial charge in [-0.1, -0.05) is 0 Å². The second-order valence-electron chi connectivity index (χ2n) is 9.90. The number of nitrogens with zero attached hydrogens (tertiary/aromatic N) is 6. The molecule has 2 saturated carbocycles. The highest BCUT2D eigenvalue weighted by atomic mass is 16.5. The quantitative estimate of drug-likeness (QED) is 0.472. The van der Waals surface area contributed by atoms with Gasteiger partial charge >= 0.3 is 0 Å². The predicted octanol–water partition coefficient (Wildman–Crippen LogP) is 3.60. The number of morpholine rings is 1. The average molecular weight is 459 g/mol. The Balaban J connectivity index is 1.15. The summed E-state index contributed by atoms with van der Waals surface area (Å²) in [5.74, 6) is 1.50. The normalized spacial score (nSPS) is 24.1. The molecular weight excluding hydrogens is 428 g/mol. The SMILES string of the molecule is c1nc(NC2CCC(N3CCOCC3)CC2)c2c(-c3ccn4ncc(C5CC5)c4n3)c[nH]c2n1. The van der Waals surface area contributed by atoms with Crippen LogP contribution < -0.4 is 5.32 Å². The van der Waals surface area contributed by atoms with E-state index in [-0.39, 0.29) is 0 Å². The molecule has 0 radical (unpaired) electrons. The topological polar surface area (TPSA) is 96.3 Å². The molecule has 3 aliphatic rings. The second kappa shape index (κ2) is 8.32. The summed E-state index contributed by atoms with van der Waals surface area (Å²) < 4.78 is 7.41. The summed E-state index contributed by atoms with van der Waals surface area (Å²) in [6.45, 7) is 3.88. The Kier molecular flexibility index (Phi) is 4.98. The molecule has 2 aliphatic carbocycles. The van der Waals surface area contributed by atoms with Gasteiger partial charge in [-0.05, 0) is 50.5 Å². The highest BCUT2D eigenvalue weighted by molar-refractivity contribution is 6.00. The van der Waals surface area contributed by atoms with Crippen molar-refractivity contribution in [2.75, 3.05) is 31.6 Å². The van der Waals surface area contributed by atoms with Crippen LogP contribution in [0.5, 0.6) is 0 Å². The zero-order valence-electron chi connectivity index (χ0n) is 19.3. The lowest BCUT2D eigenvalue weighted by molar-refractivity contribution is 0.00791. The number of nitrogens with one attached hydrogen (secondary N) is 2. The van der Waals surface area contributed by atoms with E-state index in [1.807, 2.05) is 29.2 Å². The van der Waals surface area contributed by atoms with Crippen molar-refractivity contribution >= 4 is 22.5 Å². The first kappa shape index (κ1) is 20.3. The van der Waals surface area contributed by atoms with Crippen LogP contribution in [0.1, 0.15) is 50.0 Å². The maximum atomic E-state index is 5.53. The lowest BCUT2D eigenvalue weighted by Crippen LogP contribution is -2.46. The molecule has 0 unspecified atom stereocenters. The molecule has 3 fully saturated rings. The molecule has 5 heterocycles. The van der Waals surface area contributed by atoms with Crippen molar-refractivity contribution in [3.8, 4) is 11.3 Å². The van der Waals surface area contributed by atoms with Crippen molar-refractivity contribution in [1.29, 1.82) is 0 Å². The minimum Gasteiger partial charge on any atom is -0.379 e. The van der Waals surface area contributed by atoms with E-state index in [0.717, 1.165) is 72.9 Å². The number of H-pyrrole nitrogens is 1. The summed E-state index contributed by atoms with van der Waals surface area (Å²) in [4.78, 5) is 20.1. The molecule has 1 aliphatic heterocycles. The van der Waals surface area contributed by atoms with Gasteiger partial charge < -0.3 is 15.0 Å². The van der Waals surface area contributed by atoms with Gasteiger partial charge in [0.2, 0.25) is 0 Å². The largest absolute Gasteiger partial charge is 0.379 e. The Morgan fingerprint density at radius 2 is 1.88 bits per heavy atom. The van der Waals surface area contributed by atoms with E-state index in [1.54, 1.807) is 6.33 Å². The van der Waals surface area contributed by atoms with Crippen LogP contribution in [0.2, 0.25) is 0 Å². The van der Waals surface area contributed by atoms with Gasteiger partial charge in [0, 0.05) is 48.7 Å². The Morgan fingerprint density at radius 1 is 1.03 bits per heavy atom. The number of rotatable bonds is 5. The molecule has 0 spiro atoms. The van der Waals surface area contributed by atoms with Crippen molar-refractivity contribution in [2.24, 2.45) is 0 Å². The summed E-state index contributed by atoms with van der Waals surface area (Å²) in [6.07, 6.45) is 14.8. The predicted molar refractivity (Wildman–Crippen MR) is 130 cm³/mol. The molecule has 9 heteroatoms. The van der Waals surface area contributed by atoms with Crippen LogP contribution in [-0.2, 0) is 4.74 Å². The van der Waals surface area contributed by atoms with Crippen LogP contribution in [0, 0.1) is 0 Å². The van der Waals surface area contributed by atoms with Gasteiger partial charge in [0.15, 0.2) is 5.65 Å². The van der Waals surface area contributed by atoms with Crippen molar-refractivity contribution in [3.05, 3.63) is 36.5 Å². The van der Waals surface area contributed by atoms with Crippen molar-refractivity contribution in [2.45, 2.75) is 56.5 Å². The molecule has 4 aromatic heterocycles. The Labute approximate surface area is 197 Å². The van der Waals surface area contributed by atoms with Crippen LogP contribution in [0.3, 0.4) is 0 Å². The fraction of sp³-hybridized carbons (Fsp3) is 0.520. The van der Waals surface area contributed by atoms with Gasteiger partial charge in [-0.2, -0.15) is 5.10 Å².